The maximum absolute atomic E-state index is 14.1. The molecule has 1 aliphatic rings. The van der Waals surface area contributed by atoms with E-state index in [4.69, 9.17) is 17.2 Å². The third kappa shape index (κ3) is 6.75. The number of anilines is 2. The van der Waals surface area contributed by atoms with E-state index in [1.54, 1.807) is 23.1 Å². The van der Waals surface area contributed by atoms with Crippen molar-refractivity contribution in [2.75, 3.05) is 17.2 Å². The summed E-state index contributed by atoms with van der Waals surface area (Å²) >= 11 is 0. The topological polar surface area (TPSA) is 183 Å². The summed E-state index contributed by atoms with van der Waals surface area (Å²) < 4.78 is 0. The lowest BCUT2D eigenvalue weighted by Gasteiger charge is -2.35. The Labute approximate surface area is 250 Å². The van der Waals surface area contributed by atoms with Crippen LogP contribution >= 0.6 is 12.4 Å². The average Bonchev–Trinajstić information content (AvgIpc) is 3.53. The minimum atomic E-state index is -0.878. The van der Waals surface area contributed by atoms with Gasteiger partial charge in [-0.2, -0.15) is 5.21 Å². The minimum absolute atomic E-state index is 0. The number of nitrogens with one attached hydrogen (secondary N) is 1. The molecule has 0 saturated heterocycles. The van der Waals surface area contributed by atoms with Gasteiger partial charge in [-0.15, -0.1) is 22.6 Å². The molecule has 1 fully saturated rings. The number of halogens is 1. The zero-order chi connectivity index (χ0) is 28.9. The van der Waals surface area contributed by atoms with Gasteiger partial charge in [0.05, 0.1) is 0 Å². The van der Waals surface area contributed by atoms with Crippen LogP contribution in [-0.4, -0.2) is 50.0 Å². The number of rotatable bonds is 9. The molecule has 1 saturated carbocycles. The van der Waals surface area contributed by atoms with E-state index in [1.807, 2.05) is 49.4 Å². The number of nitrogens with zero attached hydrogens (tertiary/aromatic N) is 5. The molecule has 1 atom stereocenters. The first-order chi connectivity index (χ1) is 19.8. The molecule has 0 aliphatic heterocycles. The lowest BCUT2D eigenvalue weighted by Crippen LogP contribution is -2.52. The van der Waals surface area contributed by atoms with Gasteiger partial charge in [-0.25, -0.2) is 4.98 Å². The molecular formula is C30H36ClN9O2. The van der Waals surface area contributed by atoms with Crippen LogP contribution in [0.2, 0.25) is 0 Å². The summed E-state index contributed by atoms with van der Waals surface area (Å²) in [7, 11) is 0. The number of tetrazole rings is 1. The van der Waals surface area contributed by atoms with Crippen LogP contribution in [0.5, 0.6) is 0 Å². The van der Waals surface area contributed by atoms with Crippen LogP contribution < -0.4 is 22.1 Å². The van der Waals surface area contributed by atoms with Crippen molar-refractivity contribution in [1.82, 2.24) is 25.6 Å². The van der Waals surface area contributed by atoms with Crippen LogP contribution in [0.1, 0.15) is 36.9 Å². The molecule has 0 bridgehead atoms. The van der Waals surface area contributed by atoms with Gasteiger partial charge in [0, 0.05) is 34.8 Å². The number of pyridine rings is 1. The molecular weight excluding hydrogens is 554 g/mol. The lowest BCUT2D eigenvalue weighted by atomic mass is 9.81. The van der Waals surface area contributed by atoms with Crippen molar-refractivity contribution in [1.29, 1.82) is 0 Å². The minimum Gasteiger partial charge on any atom is -0.384 e. The zero-order valence-electron chi connectivity index (χ0n) is 23.4. The monoisotopic (exact) mass is 589 g/mol. The predicted molar refractivity (Wildman–Crippen MR) is 164 cm³/mol. The number of amides is 2. The van der Waals surface area contributed by atoms with E-state index in [1.165, 1.54) is 0 Å². The number of nitrogen functional groups attached to an aromatic ring is 1. The summed E-state index contributed by atoms with van der Waals surface area (Å²) in [5, 5.41) is 14.1. The molecule has 42 heavy (non-hydrogen) atoms. The molecule has 2 amide bonds. The second-order valence-electron chi connectivity index (χ2n) is 10.6. The fraction of sp³-hybridized carbons (Fsp3) is 0.333. The van der Waals surface area contributed by atoms with Gasteiger partial charge < -0.3 is 17.2 Å². The van der Waals surface area contributed by atoms with E-state index in [0.29, 0.717) is 29.8 Å². The van der Waals surface area contributed by atoms with Gasteiger partial charge in [-0.1, -0.05) is 24.3 Å². The summed E-state index contributed by atoms with van der Waals surface area (Å²) in [5.41, 5.74) is 22.7. The fourth-order valence-electron chi connectivity index (χ4n) is 5.61. The fourth-order valence-corrected chi connectivity index (χ4v) is 5.61. The Morgan fingerprint density at radius 1 is 0.976 bits per heavy atom. The Morgan fingerprint density at radius 2 is 1.64 bits per heavy atom. The van der Waals surface area contributed by atoms with E-state index in [9.17, 15) is 9.59 Å². The highest BCUT2D eigenvalue weighted by Crippen LogP contribution is 2.33. The number of hydrogen-bond donors (Lipinski definition) is 4. The Balaban J connectivity index is 0.00000405. The second-order valence-corrected chi connectivity index (χ2v) is 10.6. The molecule has 2 heterocycles. The molecule has 220 valence electrons. The first-order valence-electron chi connectivity index (χ1n) is 13.8. The van der Waals surface area contributed by atoms with Crippen molar-refractivity contribution in [3.63, 3.8) is 0 Å². The molecule has 0 spiro atoms. The number of carbonyl (C=O) groups excluding carboxylic acids is 2. The maximum Gasteiger partial charge on any atom is 0.240 e. The van der Waals surface area contributed by atoms with Crippen molar-refractivity contribution >= 4 is 35.7 Å². The first kappa shape index (κ1) is 30.6. The third-order valence-electron chi connectivity index (χ3n) is 7.96. The largest absolute Gasteiger partial charge is 0.384 e. The zero-order valence-corrected chi connectivity index (χ0v) is 24.3. The number of H-pyrrole nitrogens is 1. The summed E-state index contributed by atoms with van der Waals surface area (Å²) in [5.74, 6) is 0.453. The molecule has 5 rings (SSSR count). The molecule has 4 aromatic rings. The standard InChI is InChI=1S/C30H35N9O2.ClH/c1-18-25(14-15-27(32)34-18)21-6-2-19(3-7-21)16-26(28(33)40)39(30(41)23-8-4-20(17-31)5-9-23)24-12-10-22(11-13-24)29-35-37-38-36-29;/h2-3,6-7,10-15,20,23,26H,4-5,8-9,16-17,31H2,1H3,(H2,32,34)(H2,33,40)(H,35,36,37,38);1H/t20?,23?,26-;/m0./s1. The van der Waals surface area contributed by atoms with Crippen molar-refractivity contribution in [3.05, 3.63) is 71.9 Å². The molecule has 1 aliphatic carbocycles. The van der Waals surface area contributed by atoms with Crippen molar-refractivity contribution in [3.8, 4) is 22.5 Å². The average molecular weight is 590 g/mol. The number of primary amides is 1. The van der Waals surface area contributed by atoms with Crippen LogP contribution in [0, 0.1) is 18.8 Å². The molecule has 2 aromatic heterocycles. The first-order valence-corrected chi connectivity index (χ1v) is 13.8. The van der Waals surface area contributed by atoms with Crippen LogP contribution in [0.25, 0.3) is 22.5 Å². The van der Waals surface area contributed by atoms with Gasteiger partial charge in [0.15, 0.2) is 0 Å². The normalized spacial score (nSPS) is 17.2. The number of aryl methyl sites for hydroxylation is 1. The molecule has 0 unspecified atom stereocenters. The quantitative estimate of drug-likeness (QED) is 0.229. The second kappa shape index (κ2) is 13.5. The number of aromatic nitrogens is 5. The van der Waals surface area contributed by atoms with Gasteiger partial charge in [0.2, 0.25) is 17.6 Å². The summed E-state index contributed by atoms with van der Waals surface area (Å²) in [4.78, 5) is 33.0. The number of benzene rings is 2. The SMILES string of the molecule is Cc1nc(N)ccc1-c1ccc(C[C@@H](C(N)=O)N(C(=O)C2CCC(CN)CC2)c2ccc(-c3nn[nH]n3)cc2)cc1.Cl. The van der Waals surface area contributed by atoms with Crippen molar-refractivity contribution in [2.24, 2.45) is 23.3 Å². The number of hydrogen-bond acceptors (Lipinski definition) is 8. The van der Waals surface area contributed by atoms with E-state index in [0.717, 1.165) is 53.6 Å². The third-order valence-corrected chi connectivity index (χ3v) is 7.96. The Morgan fingerprint density at radius 3 is 2.21 bits per heavy atom. The molecule has 11 nitrogen and oxygen atoms in total. The van der Waals surface area contributed by atoms with E-state index in [-0.39, 0.29) is 30.7 Å². The maximum atomic E-state index is 14.1. The molecule has 0 radical (unpaired) electrons. The van der Waals surface area contributed by atoms with E-state index < -0.39 is 11.9 Å². The van der Waals surface area contributed by atoms with Crippen LogP contribution in [-0.2, 0) is 16.0 Å². The Kier molecular flexibility index (Phi) is 9.87. The summed E-state index contributed by atoms with van der Waals surface area (Å²) in [6.07, 6.45) is 3.50. The molecule has 2 aromatic carbocycles. The van der Waals surface area contributed by atoms with Gasteiger partial charge >= 0.3 is 0 Å². The molecule has 12 heteroatoms. The van der Waals surface area contributed by atoms with Crippen LogP contribution in [0.15, 0.2) is 60.7 Å². The Bertz CT molecular complexity index is 1490. The smallest absolute Gasteiger partial charge is 0.240 e. The van der Waals surface area contributed by atoms with Crippen molar-refractivity contribution < 1.29 is 9.59 Å². The lowest BCUT2D eigenvalue weighted by molar-refractivity contribution is -0.127. The Hall–Kier alpha value is -4.35. The van der Waals surface area contributed by atoms with Crippen molar-refractivity contribution in [2.45, 2.75) is 45.1 Å². The predicted octanol–water partition coefficient (Wildman–Crippen LogP) is 3.44. The number of nitrogens with two attached hydrogens (primary N) is 3. The van der Waals surface area contributed by atoms with Gasteiger partial charge in [0.25, 0.3) is 0 Å². The highest BCUT2D eigenvalue weighted by molar-refractivity contribution is 6.01. The summed E-state index contributed by atoms with van der Waals surface area (Å²) in [6.45, 7) is 2.53. The van der Waals surface area contributed by atoms with Gasteiger partial charge in [-0.05, 0) is 97.8 Å². The van der Waals surface area contributed by atoms with Gasteiger partial charge in [-0.3, -0.25) is 14.5 Å². The highest BCUT2D eigenvalue weighted by Gasteiger charge is 2.36. The van der Waals surface area contributed by atoms with E-state index in [2.05, 4.69) is 25.6 Å². The van der Waals surface area contributed by atoms with Gasteiger partial charge in [0.1, 0.15) is 11.9 Å². The van der Waals surface area contributed by atoms with Crippen LogP contribution in [0.4, 0.5) is 11.5 Å². The van der Waals surface area contributed by atoms with E-state index >= 15 is 0 Å². The summed E-state index contributed by atoms with van der Waals surface area (Å²) in [6, 6.07) is 17.9. The highest BCUT2D eigenvalue weighted by atomic mass is 35.5. The number of carbonyl (C=O) groups is 2. The van der Waals surface area contributed by atoms with Crippen LogP contribution in [0.3, 0.4) is 0 Å². The molecule has 7 N–H and O–H groups in total. The number of aromatic amines is 1.